The van der Waals surface area contributed by atoms with E-state index in [-0.39, 0.29) is 5.91 Å². The number of aryl methyl sites for hydroxylation is 1. The molecule has 1 amide bonds. The minimum atomic E-state index is -0.0402. The maximum absolute atomic E-state index is 12.2. The van der Waals surface area contributed by atoms with Crippen LogP contribution in [0.5, 0.6) is 5.75 Å². The second-order valence-corrected chi connectivity index (χ2v) is 6.65. The number of amides is 1. The van der Waals surface area contributed by atoms with Crippen LogP contribution < -0.4 is 10.1 Å². The highest BCUT2D eigenvalue weighted by atomic mass is 32.1. The summed E-state index contributed by atoms with van der Waals surface area (Å²) in [6.45, 7) is 7.23. The molecule has 0 saturated carbocycles. The van der Waals surface area contributed by atoms with Crippen LogP contribution in [0.3, 0.4) is 0 Å². The van der Waals surface area contributed by atoms with Crippen LogP contribution >= 0.6 is 11.3 Å². The van der Waals surface area contributed by atoms with Gasteiger partial charge in [-0.1, -0.05) is 32.0 Å². The molecule has 0 spiro atoms. The van der Waals surface area contributed by atoms with Crippen molar-refractivity contribution < 1.29 is 9.53 Å². The van der Waals surface area contributed by atoms with Gasteiger partial charge in [0.2, 0.25) is 0 Å². The van der Waals surface area contributed by atoms with Crippen molar-refractivity contribution in [3.63, 3.8) is 0 Å². The SMILES string of the molecule is Cc1nc(COc2ccccc2)sc1C(=O)NCCC(C)C. The number of carbonyl (C=O) groups excluding carboxylic acids is 1. The van der Waals surface area contributed by atoms with Gasteiger partial charge in [0.25, 0.3) is 5.91 Å². The van der Waals surface area contributed by atoms with E-state index in [0.29, 0.717) is 23.9 Å². The number of rotatable bonds is 7. The van der Waals surface area contributed by atoms with Crippen molar-refractivity contribution in [1.29, 1.82) is 0 Å². The van der Waals surface area contributed by atoms with E-state index in [1.807, 2.05) is 37.3 Å². The first kappa shape index (κ1) is 16.5. The molecule has 0 aliphatic rings. The molecule has 22 heavy (non-hydrogen) atoms. The molecule has 0 bridgehead atoms. The highest BCUT2D eigenvalue weighted by Gasteiger charge is 2.15. The molecule has 0 fully saturated rings. The van der Waals surface area contributed by atoms with Gasteiger partial charge < -0.3 is 10.1 Å². The van der Waals surface area contributed by atoms with Gasteiger partial charge in [0.05, 0.1) is 5.69 Å². The number of thiazole rings is 1. The van der Waals surface area contributed by atoms with Gasteiger partial charge in [-0.05, 0) is 31.4 Å². The largest absolute Gasteiger partial charge is 0.486 e. The first-order valence-electron chi connectivity index (χ1n) is 7.48. The van der Waals surface area contributed by atoms with E-state index in [1.165, 1.54) is 11.3 Å². The molecule has 0 atom stereocenters. The number of para-hydroxylation sites is 1. The maximum Gasteiger partial charge on any atom is 0.263 e. The van der Waals surface area contributed by atoms with E-state index in [2.05, 4.69) is 24.1 Å². The second-order valence-electron chi connectivity index (χ2n) is 5.56. The van der Waals surface area contributed by atoms with Crippen LogP contribution in [-0.2, 0) is 6.61 Å². The van der Waals surface area contributed by atoms with Crippen molar-refractivity contribution in [2.24, 2.45) is 5.92 Å². The molecule has 5 heteroatoms. The summed E-state index contributed by atoms with van der Waals surface area (Å²) in [6, 6.07) is 9.60. The minimum absolute atomic E-state index is 0.0402. The molecule has 1 heterocycles. The zero-order valence-electron chi connectivity index (χ0n) is 13.3. The lowest BCUT2D eigenvalue weighted by Crippen LogP contribution is -2.25. The average molecular weight is 318 g/mol. The number of nitrogens with one attached hydrogen (secondary N) is 1. The Morgan fingerprint density at radius 3 is 2.73 bits per heavy atom. The highest BCUT2D eigenvalue weighted by molar-refractivity contribution is 7.13. The van der Waals surface area contributed by atoms with Crippen LogP contribution in [0.2, 0.25) is 0 Å². The van der Waals surface area contributed by atoms with Gasteiger partial charge in [0, 0.05) is 6.54 Å². The van der Waals surface area contributed by atoms with E-state index in [9.17, 15) is 4.79 Å². The van der Waals surface area contributed by atoms with Crippen LogP contribution in [0, 0.1) is 12.8 Å². The molecule has 0 unspecified atom stereocenters. The highest BCUT2D eigenvalue weighted by Crippen LogP contribution is 2.20. The Balaban J connectivity index is 1.91. The zero-order chi connectivity index (χ0) is 15.9. The lowest BCUT2D eigenvalue weighted by molar-refractivity contribution is 0.0955. The zero-order valence-corrected chi connectivity index (χ0v) is 14.1. The van der Waals surface area contributed by atoms with Crippen molar-refractivity contribution >= 4 is 17.2 Å². The Hall–Kier alpha value is -1.88. The maximum atomic E-state index is 12.2. The Kier molecular flexibility index (Phi) is 5.95. The molecular formula is C17H22N2O2S. The summed E-state index contributed by atoms with van der Waals surface area (Å²) < 4.78 is 5.67. The molecule has 2 rings (SSSR count). The van der Waals surface area contributed by atoms with Crippen LogP contribution in [0.15, 0.2) is 30.3 Å². The second kappa shape index (κ2) is 7.94. The van der Waals surface area contributed by atoms with Gasteiger partial charge in [-0.3, -0.25) is 4.79 Å². The summed E-state index contributed by atoms with van der Waals surface area (Å²) in [5, 5.41) is 3.76. The van der Waals surface area contributed by atoms with Gasteiger partial charge in [-0.2, -0.15) is 0 Å². The fraction of sp³-hybridized carbons (Fsp3) is 0.412. The molecule has 1 N–H and O–H groups in total. The third-order valence-electron chi connectivity index (χ3n) is 3.16. The van der Waals surface area contributed by atoms with E-state index >= 15 is 0 Å². The monoisotopic (exact) mass is 318 g/mol. The topological polar surface area (TPSA) is 51.2 Å². The lowest BCUT2D eigenvalue weighted by atomic mass is 10.1. The standard InChI is InChI=1S/C17H22N2O2S/c1-12(2)9-10-18-17(20)16-13(3)19-15(22-16)11-21-14-7-5-4-6-8-14/h4-8,12H,9-11H2,1-3H3,(H,18,20). The summed E-state index contributed by atoms with van der Waals surface area (Å²) >= 11 is 1.40. The van der Waals surface area contributed by atoms with Crippen molar-refractivity contribution in [2.45, 2.75) is 33.8 Å². The molecular weight excluding hydrogens is 296 g/mol. The number of hydrogen-bond donors (Lipinski definition) is 1. The van der Waals surface area contributed by atoms with Gasteiger partial charge in [0.1, 0.15) is 22.2 Å². The third-order valence-corrected chi connectivity index (χ3v) is 4.29. The van der Waals surface area contributed by atoms with E-state index < -0.39 is 0 Å². The Labute approximate surface area is 135 Å². The van der Waals surface area contributed by atoms with Crippen molar-refractivity contribution in [3.8, 4) is 5.75 Å². The predicted octanol–water partition coefficient (Wildman–Crippen LogP) is 3.81. The quantitative estimate of drug-likeness (QED) is 0.844. The molecule has 4 nitrogen and oxygen atoms in total. The number of carbonyl (C=O) groups is 1. The van der Waals surface area contributed by atoms with E-state index in [4.69, 9.17) is 4.74 Å². The van der Waals surface area contributed by atoms with Gasteiger partial charge >= 0.3 is 0 Å². The summed E-state index contributed by atoms with van der Waals surface area (Å²) in [5.74, 6) is 1.34. The third kappa shape index (κ3) is 4.84. The molecule has 0 saturated heterocycles. The smallest absolute Gasteiger partial charge is 0.263 e. The van der Waals surface area contributed by atoms with Gasteiger partial charge in [0.15, 0.2) is 0 Å². The molecule has 1 aromatic carbocycles. The van der Waals surface area contributed by atoms with Crippen LogP contribution in [-0.4, -0.2) is 17.4 Å². The number of nitrogens with zero attached hydrogens (tertiary/aromatic N) is 1. The molecule has 1 aromatic heterocycles. The number of aromatic nitrogens is 1. The first-order chi connectivity index (χ1) is 10.6. The summed E-state index contributed by atoms with van der Waals surface area (Å²) in [4.78, 5) is 17.3. The molecule has 0 radical (unpaired) electrons. The van der Waals surface area contributed by atoms with Crippen molar-refractivity contribution in [3.05, 3.63) is 45.9 Å². The van der Waals surface area contributed by atoms with Crippen LogP contribution in [0.4, 0.5) is 0 Å². The van der Waals surface area contributed by atoms with E-state index in [0.717, 1.165) is 22.9 Å². The number of benzene rings is 1. The van der Waals surface area contributed by atoms with Crippen molar-refractivity contribution in [2.75, 3.05) is 6.54 Å². The van der Waals surface area contributed by atoms with Crippen molar-refractivity contribution in [1.82, 2.24) is 10.3 Å². The minimum Gasteiger partial charge on any atom is -0.486 e. The molecule has 0 aliphatic heterocycles. The van der Waals surface area contributed by atoms with Crippen LogP contribution in [0.25, 0.3) is 0 Å². The fourth-order valence-corrected chi connectivity index (χ4v) is 2.84. The summed E-state index contributed by atoms with van der Waals surface area (Å²) in [5.41, 5.74) is 0.763. The van der Waals surface area contributed by atoms with Gasteiger partial charge in [-0.25, -0.2) is 4.98 Å². The lowest BCUT2D eigenvalue weighted by Gasteiger charge is -2.06. The van der Waals surface area contributed by atoms with E-state index in [1.54, 1.807) is 0 Å². The normalized spacial score (nSPS) is 10.7. The molecule has 118 valence electrons. The summed E-state index contributed by atoms with van der Waals surface area (Å²) in [7, 11) is 0. The Bertz CT molecular complexity index is 608. The Morgan fingerprint density at radius 2 is 2.05 bits per heavy atom. The fourth-order valence-electron chi connectivity index (χ4n) is 1.94. The predicted molar refractivity (Wildman–Crippen MR) is 89.4 cm³/mol. The molecule has 2 aromatic rings. The average Bonchev–Trinajstić information content (AvgIpc) is 2.87. The Morgan fingerprint density at radius 1 is 1.32 bits per heavy atom. The summed E-state index contributed by atoms with van der Waals surface area (Å²) in [6.07, 6.45) is 0.980. The number of ether oxygens (including phenoxy) is 1. The number of hydrogen-bond acceptors (Lipinski definition) is 4. The van der Waals surface area contributed by atoms with Gasteiger partial charge in [-0.15, -0.1) is 11.3 Å². The van der Waals surface area contributed by atoms with Crippen LogP contribution in [0.1, 0.15) is 40.6 Å². The molecule has 0 aliphatic carbocycles. The first-order valence-corrected chi connectivity index (χ1v) is 8.30.